The van der Waals surface area contributed by atoms with Gasteiger partial charge in [0, 0.05) is 34.1 Å². The Balaban J connectivity index is 1.68. The minimum atomic E-state index is -0.488. The van der Waals surface area contributed by atoms with Crippen LogP contribution in [0.25, 0.3) is 0 Å². The Morgan fingerprint density at radius 2 is 1.22 bits per heavy atom. The summed E-state index contributed by atoms with van der Waals surface area (Å²) < 4.78 is 5.94. The number of hydrogen-bond acceptors (Lipinski definition) is 3. The van der Waals surface area contributed by atoms with Gasteiger partial charge in [-0.25, -0.2) is 0 Å². The molecule has 0 bridgehead atoms. The lowest BCUT2D eigenvalue weighted by Gasteiger charge is -2.25. The Kier molecular flexibility index (Phi) is 7.73. The summed E-state index contributed by atoms with van der Waals surface area (Å²) in [4.78, 5) is 18.9. The second kappa shape index (κ2) is 11.7. The fraction of sp³-hybridized carbons (Fsp3) is 0.0909. The van der Waals surface area contributed by atoms with Gasteiger partial charge in [0.15, 0.2) is 5.78 Å². The van der Waals surface area contributed by atoms with Crippen LogP contribution in [0.2, 0.25) is 5.02 Å². The zero-order chi connectivity index (χ0) is 25.5. The van der Waals surface area contributed by atoms with E-state index in [0.717, 1.165) is 22.4 Å². The summed E-state index contributed by atoms with van der Waals surface area (Å²) in [6.45, 7) is 0. The van der Waals surface area contributed by atoms with Crippen molar-refractivity contribution >= 4 is 23.1 Å². The summed E-state index contributed by atoms with van der Waals surface area (Å²) in [5, 5.41) is 0.598. The lowest BCUT2D eigenvalue weighted by Crippen LogP contribution is -2.17. The SMILES string of the molecule is O=C(C[C@@H](c1ccccc1Cl)[C@H](N=C(c1ccccc1)c1ccccc1)c1ccco1)c1ccccc1. The smallest absolute Gasteiger partial charge is 0.163 e. The number of furan rings is 1. The Labute approximate surface area is 222 Å². The third kappa shape index (κ3) is 5.79. The number of carbonyl (C=O) groups excluding carboxylic acids is 1. The zero-order valence-corrected chi connectivity index (χ0v) is 21.0. The van der Waals surface area contributed by atoms with Gasteiger partial charge in [0.2, 0.25) is 0 Å². The molecule has 0 saturated heterocycles. The standard InChI is InChI=1S/C33H26ClNO2/c34-29-20-11-10-19-27(29)28(23-30(36)24-13-4-1-5-14-24)33(31-21-12-22-37-31)35-32(25-15-6-2-7-16-25)26-17-8-3-9-18-26/h1-22,28,33H,23H2/t28-,33-/m0/s1. The van der Waals surface area contributed by atoms with E-state index in [1.807, 2.05) is 127 Å². The van der Waals surface area contributed by atoms with Gasteiger partial charge in [-0.1, -0.05) is 121 Å². The van der Waals surface area contributed by atoms with Crippen LogP contribution in [0, 0.1) is 0 Å². The van der Waals surface area contributed by atoms with E-state index in [4.69, 9.17) is 21.0 Å². The number of hydrogen-bond donors (Lipinski definition) is 0. The van der Waals surface area contributed by atoms with Gasteiger partial charge in [0.25, 0.3) is 0 Å². The van der Waals surface area contributed by atoms with Crippen molar-refractivity contribution in [2.24, 2.45) is 4.99 Å². The normalized spacial score (nSPS) is 12.5. The van der Waals surface area contributed by atoms with Crippen LogP contribution < -0.4 is 0 Å². The van der Waals surface area contributed by atoms with Gasteiger partial charge in [0.1, 0.15) is 11.8 Å². The van der Waals surface area contributed by atoms with Crippen molar-refractivity contribution in [2.45, 2.75) is 18.4 Å². The predicted molar refractivity (Wildman–Crippen MR) is 150 cm³/mol. The Hall–Kier alpha value is -4.21. The zero-order valence-electron chi connectivity index (χ0n) is 20.2. The highest BCUT2D eigenvalue weighted by molar-refractivity contribution is 6.31. The first kappa shape index (κ1) is 24.5. The van der Waals surface area contributed by atoms with Gasteiger partial charge in [-0.05, 0) is 23.8 Å². The number of Topliss-reactive ketones (excluding diaryl/α,β-unsaturated/α-hetero) is 1. The van der Waals surface area contributed by atoms with Crippen LogP contribution >= 0.6 is 11.6 Å². The van der Waals surface area contributed by atoms with Crippen molar-refractivity contribution in [2.75, 3.05) is 0 Å². The number of rotatable bonds is 9. The predicted octanol–water partition coefficient (Wildman–Crippen LogP) is 8.57. The van der Waals surface area contributed by atoms with Gasteiger partial charge < -0.3 is 4.42 Å². The van der Waals surface area contributed by atoms with E-state index in [1.165, 1.54) is 0 Å². The summed E-state index contributed by atoms with van der Waals surface area (Å²) in [6, 6.07) is 40.5. The molecule has 5 rings (SSSR count). The highest BCUT2D eigenvalue weighted by Gasteiger charge is 2.31. The molecule has 5 aromatic rings. The quantitative estimate of drug-likeness (QED) is 0.149. The van der Waals surface area contributed by atoms with E-state index in [2.05, 4.69) is 0 Å². The molecule has 0 aliphatic heterocycles. The number of halogens is 1. The van der Waals surface area contributed by atoms with E-state index in [1.54, 1.807) is 6.26 Å². The first-order valence-corrected chi connectivity index (χ1v) is 12.6. The molecule has 182 valence electrons. The van der Waals surface area contributed by atoms with E-state index >= 15 is 0 Å². The van der Waals surface area contributed by atoms with Gasteiger partial charge in [-0.15, -0.1) is 0 Å². The molecular weight excluding hydrogens is 478 g/mol. The van der Waals surface area contributed by atoms with Crippen molar-refractivity contribution in [1.29, 1.82) is 0 Å². The molecule has 1 aromatic heterocycles. The first-order valence-electron chi connectivity index (χ1n) is 12.3. The summed E-state index contributed by atoms with van der Waals surface area (Å²) in [6.07, 6.45) is 1.87. The van der Waals surface area contributed by atoms with E-state index in [9.17, 15) is 4.79 Å². The summed E-state index contributed by atoms with van der Waals surface area (Å²) in [5.74, 6) is 0.350. The van der Waals surface area contributed by atoms with Crippen LogP contribution in [-0.4, -0.2) is 11.5 Å². The minimum Gasteiger partial charge on any atom is -0.467 e. The van der Waals surface area contributed by atoms with Crippen molar-refractivity contribution in [3.63, 3.8) is 0 Å². The molecule has 1 heterocycles. The van der Waals surface area contributed by atoms with Crippen LogP contribution in [-0.2, 0) is 0 Å². The molecule has 0 radical (unpaired) electrons. The van der Waals surface area contributed by atoms with Gasteiger partial charge in [-0.2, -0.15) is 0 Å². The summed E-state index contributed by atoms with van der Waals surface area (Å²) >= 11 is 6.73. The molecule has 0 saturated carbocycles. The van der Waals surface area contributed by atoms with Gasteiger partial charge in [0.05, 0.1) is 12.0 Å². The second-order valence-electron chi connectivity index (χ2n) is 8.79. The average molecular weight is 504 g/mol. The molecule has 4 heteroatoms. The number of benzene rings is 4. The molecule has 0 fully saturated rings. The molecule has 4 aromatic carbocycles. The van der Waals surface area contributed by atoms with Crippen molar-refractivity contribution in [3.05, 3.63) is 167 Å². The number of aliphatic imine (C=N–C) groups is 1. The molecule has 0 aliphatic rings. The van der Waals surface area contributed by atoms with Crippen LogP contribution in [0.3, 0.4) is 0 Å². The van der Waals surface area contributed by atoms with Gasteiger partial charge in [-0.3, -0.25) is 9.79 Å². The lowest BCUT2D eigenvalue weighted by molar-refractivity contribution is 0.0968. The van der Waals surface area contributed by atoms with E-state index < -0.39 is 6.04 Å². The third-order valence-electron chi connectivity index (χ3n) is 6.38. The minimum absolute atomic E-state index is 0.0262. The molecular formula is C33H26ClNO2. The molecule has 0 amide bonds. The Morgan fingerprint density at radius 3 is 1.76 bits per heavy atom. The fourth-order valence-corrected chi connectivity index (χ4v) is 4.84. The summed E-state index contributed by atoms with van der Waals surface area (Å²) in [7, 11) is 0. The maximum absolute atomic E-state index is 13.5. The lowest BCUT2D eigenvalue weighted by atomic mass is 9.84. The van der Waals surface area contributed by atoms with Crippen LogP contribution in [0.1, 0.15) is 51.2 Å². The highest BCUT2D eigenvalue weighted by Crippen LogP contribution is 2.41. The molecule has 2 atom stereocenters. The van der Waals surface area contributed by atoms with Crippen LogP contribution in [0.15, 0.2) is 143 Å². The Bertz CT molecular complexity index is 1420. The molecule has 3 nitrogen and oxygen atoms in total. The summed E-state index contributed by atoms with van der Waals surface area (Å²) in [5.41, 5.74) is 4.31. The molecule has 0 spiro atoms. The monoisotopic (exact) mass is 503 g/mol. The topological polar surface area (TPSA) is 42.6 Å². The van der Waals surface area contributed by atoms with Crippen LogP contribution in [0.4, 0.5) is 0 Å². The van der Waals surface area contributed by atoms with Crippen molar-refractivity contribution in [3.8, 4) is 0 Å². The number of ketones is 1. The van der Waals surface area contributed by atoms with Gasteiger partial charge >= 0.3 is 0 Å². The van der Waals surface area contributed by atoms with E-state index in [0.29, 0.717) is 16.3 Å². The van der Waals surface area contributed by atoms with Crippen molar-refractivity contribution < 1.29 is 9.21 Å². The van der Waals surface area contributed by atoms with Crippen LogP contribution in [0.5, 0.6) is 0 Å². The maximum atomic E-state index is 13.5. The largest absolute Gasteiger partial charge is 0.467 e. The highest BCUT2D eigenvalue weighted by atomic mass is 35.5. The Morgan fingerprint density at radius 1 is 0.676 bits per heavy atom. The average Bonchev–Trinajstić information content (AvgIpc) is 3.49. The second-order valence-corrected chi connectivity index (χ2v) is 9.20. The third-order valence-corrected chi connectivity index (χ3v) is 6.73. The number of nitrogens with zero attached hydrogens (tertiary/aromatic N) is 1. The molecule has 0 N–H and O–H groups in total. The molecule has 0 aliphatic carbocycles. The molecule has 0 unspecified atom stereocenters. The molecule has 37 heavy (non-hydrogen) atoms. The fourth-order valence-electron chi connectivity index (χ4n) is 4.57. The maximum Gasteiger partial charge on any atom is 0.163 e. The van der Waals surface area contributed by atoms with Crippen molar-refractivity contribution in [1.82, 2.24) is 0 Å². The number of carbonyl (C=O) groups is 1. The first-order chi connectivity index (χ1) is 18.2. The van der Waals surface area contributed by atoms with E-state index in [-0.39, 0.29) is 18.1 Å².